The van der Waals surface area contributed by atoms with Crippen LogP contribution in [0.5, 0.6) is 0 Å². The van der Waals surface area contributed by atoms with Crippen LogP contribution in [0.15, 0.2) is 96.6 Å². The summed E-state index contributed by atoms with van der Waals surface area (Å²) in [5, 5.41) is 12.1. The van der Waals surface area contributed by atoms with Crippen LogP contribution in [0.25, 0.3) is 6.08 Å². The minimum Gasteiger partial charge on any atom is -0.451 e. The topological polar surface area (TPSA) is 79.2 Å². The number of ether oxygens (including phenoxy) is 1. The minimum atomic E-state index is -0.840. The second-order valence-corrected chi connectivity index (χ2v) is 6.48. The number of rotatable bonds is 7. The number of nitrogens with zero attached hydrogens (tertiary/aromatic N) is 1. The summed E-state index contributed by atoms with van der Waals surface area (Å²) < 4.78 is 5.06. The molecule has 0 aliphatic rings. The Morgan fingerprint density at radius 2 is 1.37 bits per heavy atom. The van der Waals surface area contributed by atoms with Gasteiger partial charge in [0.05, 0.1) is 6.04 Å². The fourth-order valence-electron chi connectivity index (χ4n) is 2.91. The molecule has 148 valence electrons. The quantitative estimate of drug-likeness (QED) is 0.371. The van der Waals surface area contributed by atoms with E-state index in [-0.39, 0.29) is 11.6 Å². The van der Waals surface area contributed by atoms with Gasteiger partial charge in [-0.3, -0.25) is 4.79 Å². The van der Waals surface area contributed by atoms with Crippen molar-refractivity contribution in [3.05, 3.63) is 113 Å². The average molecular weight is 396 g/mol. The molecular weight excluding hydrogens is 376 g/mol. The lowest BCUT2D eigenvalue weighted by Gasteiger charge is -2.19. The van der Waals surface area contributed by atoms with Crippen molar-refractivity contribution in [2.75, 3.05) is 6.61 Å². The molecule has 0 fully saturated rings. The van der Waals surface area contributed by atoms with E-state index in [0.29, 0.717) is 5.56 Å². The predicted molar refractivity (Wildman–Crippen MR) is 114 cm³/mol. The van der Waals surface area contributed by atoms with Gasteiger partial charge in [0.2, 0.25) is 0 Å². The van der Waals surface area contributed by atoms with Crippen molar-refractivity contribution in [1.29, 1.82) is 5.26 Å². The van der Waals surface area contributed by atoms with Crippen LogP contribution in [0.4, 0.5) is 0 Å². The van der Waals surface area contributed by atoms with Gasteiger partial charge in [-0.25, -0.2) is 4.79 Å². The first-order valence-electron chi connectivity index (χ1n) is 9.40. The maximum Gasteiger partial charge on any atom is 0.349 e. The molecule has 0 heterocycles. The van der Waals surface area contributed by atoms with E-state index in [2.05, 4.69) is 5.32 Å². The highest BCUT2D eigenvalue weighted by molar-refractivity contribution is 5.98. The maximum atomic E-state index is 12.5. The van der Waals surface area contributed by atoms with Crippen molar-refractivity contribution >= 4 is 18.0 Å². The van der Waals surface area contributed by atoms with Crippen LogP contribution >= 0.6 is 0 Å². The van der Waals surface area contributed by atoms with Gasteiger partial charge in [-0.05, 0) is 22.8 Å². The van der Waals surface area contributed by atoms with Crippen molar-refractivity contribution in [1.82, 2.24) is 5.32 Å². The van der Waals surface area contributed by atoms with Gasteiger partial charge in [-0.1, -0.05) is 91.0 Å². The molecule has 0 radical (unpaired) electrons. The van der Waals surface area contributed by atoms with E-state index in [1.54, 1.807) is 24.3 Å². The summed E-state index contributed by atoms with van der Waals surface area (Å²) in [5.74, 6) is -1.30. The summed E-state index contributed by atoms with van der Waals surface area (Å²) in [6.45, 7) is -0.483. The average Bonchev–Trinajstić information content (AvgIpc) is 2.81. The Morgan fingerprint density at radius 1 is 0.867 bits per heavy atom. The molecule has 5 heteroatoms. The third kappa shape index (κ3) is 5.66. The maximum absolute atomic E-state index is 12.5. The van der Waals surface area contributed by atoms with E-state index in [1.165, 1.54) is 6.08 Å². The third-order valence-corrected chi connectivity index (χ3v) is 4.36. The monoisotopic (exact) mass is 396 g/mol. The lowest BCUT2D eigenvalue weighted by Crippen LogP contribution is -2.33. The normalized spacial score (nSPS) is 10.9. The third-order valence-electron chi connectivity index (χ3n) is 4.36. The van der Waals surface area contributed by atoms with Gasteiger partial charge in [0.25, 0.3) is 5.91 Å². The molecule has 5 nitrogen and oxygen atoms in total. The number of esters is 1. The smallest absolute Gasteiger partial charge is 0.349 e. The van der Waals surface area contributed by atoms with E-state index in [9.17, 15) is 14.9 Å². The molecule has 3 aromatic rings. The van der Waals surface area contributed by atoms with Gasteiger partial charge in [0, 0.05) is 0 Å². The summed E-state index contributed by atoms with van der Waals surface area (Å²) in [6.07, 6.45) is 1.43. The Kier molecular flexibility index (Phi) is 7.12. The molecule has 0 saturated carbocycles. The van der Waals surface area contributed by atoms with Gasteiger partial charge in [0.15, 0.2) is 6.61 Å². The van der Waals surface area contributed by atoms with Gasteiger partial charge in [-0.2, -0.15) is 5.26 Å². The van der Waals surface area contributed by atoms with Crippen molar-refractivity contribution in [2.24, 2.45) is 0 Å². The van der Waals surface area contributed by atoms with Crippen LogP contribution in [0, 0.1) is 11.3 Å². The predicted octanol–water partition coefficient (Wildman–Crippen LogP) is 4.04. The van der Waals surface area contributed by atoms with Crippen LogP contribution in [0.1, 0.15) is 22.7 Å². The molecule has 0 spiro atoms. The lowest BCUT2D eigenvalue weighted by molar-refractivity contribution is -0.144. The number of nitriles is 1. The van der Waals surface area contributed by atoms with Crippen molar-refractivity contribution in [3.8, 4) is 6.07 Å². The molecule has 3 rings (SSSR count). The van der Waals surface area contributed by atoms with Crippen molar-refractivity contribution < 1.29 is 14.3 Å². The molecule has 3 aromatic carbocycles. The van der Waals surface area contributed by atoms with Gasteiger partial charge in [0.1, 0.15) is 11.6 Å². The number of carbonyl (C=O) groups is 2. The first-order valence-corrected chi connectivity index (χ1v) is 9.40. The number of hydrogen-bond acceptors (Lipinski definition) is 4. The number of amides is 1. The lowest BCUT2D eigenvalue weighted by atomic mass is 9.99. The molecule has 0 bridgehead atoms. The van der Waals surface area contributed by atoms with Gasteiger partial charge in [-0.15, -0.1) is 0 Å². The zero-order valence-corrected chi connectivity index (χ0v) is 16.2. The van der Waals surface area contributed by atoms with E-state index >= 15 is 0 Å². The SMILES string of the molecule is N#CC(=Cc1ccccc1)C(=O)OCC(=O)NC(c1ccccc1)c1ccccc1. The van der Waals surface area contributed by atoms with E-state index in [1.807, 2.05) is 72.8 Å². The van der Waals surface area contributed by atoms with E-state index in [4.69, 9.17) is 4.74 Å². The fourth-order valence-corrected chi connectivity index (χ4v) is 2.91. The Bertz CT molecular complexity index is 1020. The van der Waals surface area contributed by atoms with E-state index in [0.717, 1.165) is 11.1 Å². The summed E-state index contributed by atoms with van der Waals surface area (Å²) in [4.78, 5) is 24.7. The molecule has 0 atom stereocenters. The summed E-state index contributed by atoms with van der Waals surface area (Å²) >= 11 is 0. The summed E-state index contributed by atoms with van der Waals surface area (Å²) in [5.41, 5.74) is 2.34. The Hall–Kier alpha value is -4.17. The highest BCUT2D eigenvalue weighted by atomic mass is 16.5. The number of hydrogen-bond donors (Lipinski definition) is 1. The van der Waals surface area contributed by atoms with Crippen LogP contribution in [0.2, 0.25) is 0 Å². The molecular formula is C25H20N2O3. The molecule has 0 unspecified atom stereocenters. The van der Waals surface area contributed by atoms with Crippen LogP contribution in [-0.4, -0.2) is 18.5 Å². The van der Waals surface area contributed by atoms with Crippen LogP contribution in [-0.2, 0) is 14.3 Å². The number of benzene rings is 3. The molecule has 0 saturated heterocycles. The highest BCUT2D eigenvalue weighted by Gasteiger charge is 2.18. The molecule has 0 aliphatic heterocycles. The largest absolute Gasteiger partial charge is 0.451 e. The highest BCUT2D eigenvalue weighted by Crippen LogP contribution is 2.21. The first kappa shape index (κ1) is 20.6. The number of carbonyl (C=O) groups excluding carboxylic acids is 2. The second-order valence-electron chi connectivity index (χ2n) is 6.48. The Labute approximate surface area is 175 Å². The number of nitrogens with one attached hydrogen (secondary N) is 1. The first-order chi connectivity index (χ1) is 14.7. The minimum absolute atomic E-state index is 0.170. The van der Waals surface area contributed by atoms with Crippen molar-refractivity contribution in [3.63, 3.8) is 0 Å². The van der Waals surface area contributed by atoms with Gasteiger partial charge < -0.3 is 10.1 Å². The van der Waals surface area contributed by atoms with Crippen LogP contribution < -0.4 is 5.32 Å². The molecule has 30 heavy (non-hydrogen) atoms. The standard InChI is InChI=1S/C25H20N2O3/c26-17-22(16-19-10-4-1-5-11-19)25(29)30-18-23(28)27-24(20-12-6-2-7-13-20)21-14-8-3-9-15-21/h1-16,24H,18H2,(H,27,28). The van der Waals surface area contributed by atoms with E-state index < -0.39 is 18.5 Å². The second kappa shape index (κ2) is 10.4. The zero-order valence-electron chi connectivity index (χ0n) is 16.2. The Morgan fingerprint density at radius 3 is 1.87 bits per heavy atom. The summed E-state index contributed by atoms with van der Waals surface area (Å²) in [7, 11) is 0. The summed E-state index contributed by atoms with van der Waals surface area (Å²) in [6, 6.07) is 29.4. The van der Waals surface area contributed by atoms with Crippen LogP contribution in [0.3, 0.4) is 0 Å². The zero-order chi connectivity index (χ0) is 21.2. The fraction of sp³-hybridized carbons (Fsp3) is 0.0800. The molecule has 1 N–H and O–H groups in total. The van der Waals surface area contributed by atoms with Crippen molar-refractivity contribution in [2.45, 2.75) is 6.04 Å². The molecule has 0 aromatic heterocycles. The molecule has 0 aliphatic carbocycles. The molecule has 1 amide bonds. The van der Waals surface area contributed by atoms with Gasteiger partial charge >= 0.3 is 5.97 Å². The Balaban J connectivity index is 1.66.